The third-order valence-electron chi connectivity index (χ3n) is 6.65. The van der Waals surface area contributed by atoms with E-state index in [-0.39, 0.29) is 6.17 Å². The molecule has 0 radical (unpaired) electrons. The van der Waals surface area contributed by atoms with Gasteiger partial charge in [0.1, 0.15) is 12.0 Å². The van der Waals surface area contributed by atoms with Gasteiger partial charge in [0.2, 0.25) is 22.8 Å². The number of hydrogen-bond donors (Lipinski definition) is 1. The van der Waals surface area contributed by atoms with E-state index in [0.717, 1.165) is 37.4 Å². The summed E-state index contributed by atoms with van der Waals surface area (Å²) in [6.45, 7) is 0. The second-order valence-electron chi connectivity index (χ2n) is 8.09. The molecule has 2 aromatic heterocycles. The van der Waals surface area contributed by atoms with Gasteiger partial charge < -0.3 is 4.52 Å². The molecule has 0 bridgehead atoms. The molecule has 3 unspecified atom stereocenters. The largest absolute Gasteiger partial charge is 0.339 e. The van der Waals surface area contributed by atoms with Gasteiger partial charge >= 0.3 is 0 Å². The Hall–Kier alpha value is -2.09. The van der Waals surface area contributed by atoms with E-state index in [2.05, 4.69) is 30.1 Å². The molecule has 2 aromatic rings. The summed E-state index contributed by atoms with van der Waals surface area (Å²) in [5.74, 6) is 3.78. The first kappa shape index (κ1) is 15.9. The van der Waals surface area contributed by atoms with E-state index >= 15 is 0 Å². The maximum absolute atomic E-state index is 6.47. The van der Waals surface area contributed by atoms with E-state index in [1.54, 1.807) is 0 Å². The molecule has 27 heavy (non-hydrogen) atoms. The lowest BCUT2D eigenvalue weighted by molar-refractivity contribution is 0.176. The van der Waals surface area contributed by atoms with Crippen molar-refractivity contribution in [3.05, 3.63) is 23.2 Å². The molecule has 4 heterocycles. The van der Waals surface area contributed by atoms with Gasteiger partial charge in [0, 0.05) is 17.9 Å². The number of imidazole rings is 1. The highest BCUT2D eigenvalue weighted by Crippen LogP contribution is 2.47. The summed E-state index contributed by atoms with van der Waals surface area (Å²) in [7, 11) is 0. The molecule has 4 aliphatic rings. The molecule has 3 atom stereocenters. The third-order valence-corrected chi connectivity index (χ3v) is 6.93. The van der Waals surface area contributed by atoms with Gasteiger partial charge in [-0.3, -0.25) is 14.9 Å². The summed E-state index contributed by atoms with van der Waals surface area (Å²) in [5, 5.41) is 9.42. The average Bonchev–Trinajstić information content (AvgIpc) is 3.46. The molecule has 142 valence electrons. The highest BCUT2D eigenvalue weighted by Gasteiger charge is 2.48. The highest BCUT2D eigenvalue weighted by atomic mass is 35.5. The molecule has 8 nitrogen and oxygen atoms in total. The molecule has 0 amide bonds. The van der Waals surface area contributed by atoms with Crippen LogP contribution in [-0.4, -0.2) is 31.7 Å². The van der Waals surface area contributed by atoms with E-state index in [9.17, 15) is 0 Å². The molecule has 6 rings (SSSR count). The van der Waals surface area contributed by atoms with Crippen LogP contribution in [-0.2, 0) is 0 Å². The number of aromatic nitrogens is 4. The van der Waals surface area contributed by atoms with Gasteiger partial charge in [0.25, 0.3) is 0 Å². The van der Waals surface area contributed by atoms with Crippen molar-refractivity contribution in [2.45, 2.75) is 69.5 Å². The van der Waals surface area contributed by atoms with Gasteiger partial charge in [0.15, 0.2) is 0 Å². The maximum Gasteiger partial charge on any atom is 0.240 e. The monoisotopic (exact) mass is 387 g/mol. The van der Waals surface area contributed by atoms with Crippen LogP contribution in [0, 0.1) is 5.92 Å². The Morgan fingerprint density at radius 1 is 1.11 bits per heavy atom. The Balaban J connectivity index is 1.39. The molecular weight excluding hydrogens is 366 g/mol. The summed E-state index contributed by atoms with van der Waals surface area (Å²) < 4.78 is 7.76. The minimum absolute atomic E-state index is 0.0963. The summed E-state index contributed by atoms with van der Waals surface area (Å²) in [6, 6.07) is 0.367. The molecule has 0 spiro atoms. The summed E-state index contributed by atoms with van der Waals surface area (Å²) in [5.41, 5.74) is 3.34. The van der Waals surface area contributed by atoms with Crippen LogP contribution in [0.2, 0.25) is 5.28 Å². The van der Waals surface area contributed by atoms with E-state index < -0.39 is 0 Å². The average molecular weight is 388 g/mol. The molecule has 0 saturated heterocycles. The Labute approximate surface area is 162 Å². The SMILES string of the molecule is Clc1ncc2n1C1CCCCC1C1NN=C(c3noc(C4CCCC4)n3)N21. The molecule has 0 aromatic carbocycles. The Morgan fingerprint density at radius 3 is 2.81 bits per heavy atom. The number of hydrazone groups is 1. The van der Waals surface area contributed by atoms with Crippen molar-refractivity contribution < 1.29 is 4.52 Å². The lowest BCUT2D eigenvalue weighted by Gasteiger charge is -2.45. The molecule has 2 fully saturated rings. The lowest BCUT2D eigenvalue weighted by atomic mass is 9.80. The van der Waals surface area contributed by atoms with Crippen molar-refractivity contribution in [2.24, 2.45) is 11.0 Å². The van der Waals surface area contributed by atoms with Crippen molar-refractivity contribution in [3.8, 4) is 0 Å². The Kier molecular flexibility index (Phi) is 3.51. The Bertz CT molecular complexity index is 899. The summed E-state index contributed by atoms with van der Waals surface area (Å²) >= 11 is 6.47. The first-order valence-corrected chi connectivity index (χ1v) is 10.4. The summed E-state index contributed by atoms with van der Waals surface area (Å²) in [6.07, 6.45) is 11.4. The number of nitrogens with zero attached hydrogens (tertiary/aromatic N) is 6. The number of hydrogen-bond acceptors (Lipinski definition) is 7. The second kappa shape index (κ2) is 5.95. The van der Waals surface area contributed by atoms with Crippen molar-refractivity contribution in [1.82, 2.24) is 25.1 Å². The third kappa shape index (κ3) is 2.28. The van der Waals surface area contributed by atoms with Crippen LogP contribution in [0.3, 0.4) is 0 Å². The molecule has 2 aliphatic heterocycles. The van der Waals surface area contributed by atoms with Crippen molar-refractivity contribution in [3.63, 3.8) is 0 Å². The normalized spacial score (nSPS) is 29.9. The molecule has 9 heteroatoms. The maximum atomic E-state index is 6.47. The number of anilines is 1. The fourth-order valence-corrected chi connectivity index (χ4v) is 5.64. The Morgan fingerprint density at radius 2 is 1.93 bits per heavy atom. The van der Waals surface area contributed by atoms with Crippen LogP contribution in [0.25, 0.3) is 0 Å². The van der Waals surface area contributed by atoms with Crippen LogP contribution in [0.1, 0.15) is 75.0 Å². The smallest absolute Gasteiger partial charge is 0.240 e. The van der Waals surface area contributed by atoms with Gasteiger partial charge in [-0.2, -0.15) is 10.1 Å². The zero-order valence-electron chi connectivity index (χ0n) is 15.0. The topological polar surface area (TPSA) is 84.4 Å². The van der Waals surface area contributed by atoms with E-state index in [4.69, 9.17) is 21.1 Å². The second-order valence-corrected chi connectivity index (χ2v) is 8.43. The molecular formula is C18H22ClN7O. The van der Waals surface area contributed by atoms with Gasteiger partial charge in [-0.05, 0) is 37.3 Å². The van der Waals surface area contributed by atoms with Gasteiger partial charge in [-0.1, -0.05) is 30.8 Å². The molecule has 2 aliphatic carbocycles. The van der Waals surface area contributed by atoms with Crippen molar-refractivity contribution >= 4 is 23.3 Å². The van der Waals surface area contributed by atoms with Crippen LogP contribution < -0.4 is 10.3 Å². The van der Waals surface area contributed by atoms with Crippen LogP contribution in [0.5, 0.6) is 0 Å². The highest BCUT2D eigenvalue weighted by molar-refractivity contribution is 6.28. The van der Waals surface area contributed by atoms with Crippen molar-refractivity contribution in [1.29, 1.82) is 0 Å². The predicted molar refractivity (Wildman–Crippen MR) is 99.7 cm³/mol. The fraction of sp³-hybridized carbons (Fsp3) is 0.667. The van der Waals surface area contributed by atoms with Gasteiger partial charge in [-0.15, -0.1) is 0 Å². The number of amidine groups is 1. The lowest BCUT2D eigenvalue weighted by Crippen LogP contribution is -2.54. The van der Waals surface area contributed by atoms with Crippen molar-refractivity contribution in [2.75, 3.05) is 4.90 Å². The standard InChI is InChI=1S/C18H22ClN7O/c19-18-20-9-13-25(18)12-8-4-3-7-11(12)15-22-23-16(26(13)15)14-21-17(27-24-14)10-5-1-2-6-10/h9-12,15,22H,1-8H2. The molecule has 1 N–H and O–H groups in total. The van der Waals surface area contributed by atoms with E-state index in [1.807, 2.05) is 6.20 Å². The van der Waals surface area contributed by atoms with Gasteiger partial charge in [0.05, 0.1) is 6.20 Å². The number of nitrogens with one attached hydrogen (secondary N) is 1. The minimum Gasteiger partial charge on any atom is -0.339 e. The summed E-state index contributed by atoms with van der Waals surface area (Å²) in [4.78, 5) is 11.2. The first-order chi connectivity index (χ1) is 13.3. The van der Waals surface area contributed by atoms with E-state index in [0.29, 0.717) is 34.8 Å². The quantitative estimate of drug-likeness (QED) is 0.849. The number of fused-ring (bicyclic) bond motifs is 6. The number of halogens is 1. The first-order valence-electron chi connectivity index (χ1n) is 10.0. The predicted octanol–water partition coefficient (Wildman–Crippen LogP) is 3.42. The van der Waals surface area contributed by atoms with Crippen LogP contribution in [0.15, 0.2) is 15.8 Å². The zero-order valence-corrected chi connectivity index (χ0v) is 15.8. The van der Waals surface area contributed by atoms with Gasteiger partial charge in [-0.25, -0.2) is 4.98 Å². The zero-order chi connectivity index (χ0) is 18.0. The fourth-order valence-electron chi connectivity index (χ4n) is 5.37. The van der Waals surface area contributed by atoms with Crippen LogP contribution >= 0.6 is 11.6 Å². The number of rotatable bonds is 2. The van der Waals surface area contributed by atoms with E-state index in [1.165, 1.54) is 25.7 Å². The molecule has 2 saturated carbocycles. The van der Waals surface area contributed by atoms with Crippen LogP contribution in [0.4, 0.5) is 5.82 Å². The minimum atomic E-state index is 0.0963.